The number of methoxy groups -OCH3 is 3. The van der Waals surface area contributed by atoms with Crippen molar-refractivity contribution in [3.8, 4) is 17.2 Å². The number of benzene rings is 2. The van der Waals surface area contributed by atoms with Crippen molar-refractivity contribution in [2.75, 3.05) is 47.5 Å². The van der Waals surface area contributed by atoms with E-state index in [1.807, 2.05) is 18.2 Å². The highest BCUT2D eigenvalue weighted by molar-refractivity contribution is 9.10. The Balaban J connectivity index is 2.16. The minimum Gasteiger partial charge on any atom is -0.496 e. The van der Waals surface area contributed by atoms with Gasteiger partial charge < -0.3 is 19.5 Å². The van der Waals surface area contributed by atoms with Gasteiger partial charge in [0.25, 0.3) is 0 Å². The molecule has 1 aliphatic rings. The van der Waals surface area contributed by atoms with Gasteiger partial charge in [0, 0.05) is 35.7 Å². The van der Waals surface area contributed by atoms with Crippen LogP contribution in [-0.4, -0.2) is 52.4 Å². The Morgan fingerprint density at radius 2 is 1.59 bits per heavy atom. The second-order valence-electron chi connectivity index (χ2n) is 6.51. The highest BCUT2D eigenvalue weighted by atomic mass is 79.9. The molecule has 1 N–H and O–H groups in total. The second kappa shape index (κ2) is 9.44. The van der Waals surface area contributed by atoms with Crippen LogP contribution < -0.4 is 19.5 Å². The average Bonchev–Trinajstić information content (AvgIpc) is 2.98. The Hall–Kier alpha value is -1.76. The topological polar surface area (TPSA) is 43.0 Å². The minimum absolute atomic E-state index is 0.0511. The van der Waals surface area contributed by atoms with Crippen molar-refractivity contribution in [3.63, 3.8) is 0 Å². The molecule has 0 radical (unpaired) electrons. The highest BCUT2D eigenvalue weighted by Gasteiger charge is 2.29. The quantitative estimate of drug-likeness (QED) is 0.747. The van der Waals surface area contributed by atoms with Crippen molar-refractivity contribution in [1.82, 2.24) is 10.2 Å². The molecule has 0 aliphatic carbocycles. The van der Waals surface area contributed by atoms with Gasteiger partial charge in [-0.2, -0.15) is 0 Å². The molecular weight excluding hydrogens is 408 g/mol. The van der Waals surface area contributed by atoms with Crippen LogP contribution in [0.15, 0.2) is 40.9 Å². The maximum Gasteiger partial charge on any atom is 0.164 e. The van der Waals surface area contributed by atoms with E-state index in [2.05, 4.69) is 44.3 Å². The number of nitrogens with one attached hydrogen (secondary N) is 1. The van der Waals surface area contributed by atoms with Gasteiger partial charge in [0.05, 0.1) is 27.4 Å². The van der Waals surface area contributed by atoms with Gasteiger partial charge in [0.1, 0.15) is 5.75 Å². The van der Waals surface area contributed by atoms with Crippen LogP contribution in [0.25, 0.3) is 0 Å². The SMILES string of the molecule is COc1cc(OC)c(C(c2ccccc2Br)N2CCCNCC2)cc1OC. The van der Waals surface area contributed by atoms with Crippen LogP contribution in [0, 0.1) is 0 Å². The molecule has 5 nitrogen and oxygen atoms in total. The highest BCUT2D eigenvalue weighted by Crippen LogP contribution is 2.43. The molecule has 3 rings (SSSR count). The zero-order valence-corrected chi connectivity index (χ0v) is 17.7. The lowest BCUT2D eigenvalue weighted by Gasteiger charge is -2.33. The van der Waals surface area contributed by atoms with Gasteiger partial charge in [0.2, 0.25) is 0 Å². The first kappa shape index (κ1) is 20.0. The number of ether oxygens (including phenoxy) is 3. The van der Waals surface area contributed by atoms with Crippen molar-refractivity contribution in [2.24, 2.45) is 0 Å². The summed E-state index contributed by atoms with van der Waals surface area (Å²) >= 11 is 3.75. The largest absolute Gasteiger partial charge is 0.496 e. The van der Waals surface area contributed by atoms with E-state index in [9.17, 15) is 0 Å². The van der Waals surface area contributed by atoms with Gasteiger partial charge in [0.15, 0.2) is 11.5 Å². The number of rotatable bonds is 6. The van der Waals surface area contributed by atoms with Crippen molar-refractivity contribution in [2.45, 2.75) is 12.5 Å². The standard InChI is InChI=1S/C21H27BrN2O3/c1-25-18-14-20(27-3)19(26-2)13-16(18)21(15-7-4-5-8-17(15)22)24-11-6-9-23-10-12-24/h4-5,7-8,13-14,21,23H,6,9-12H2,1-3H3. The molecule has 1 fully saturated rings. The van der Waals surface area contributed by atoms with E-state index in [1.165, 1.54) is 5.56 Å². The van der Waals surface area contributed by atoms with E-state index in [0.29, 0.717) is 11.5 Å². The second-order valence-corrected chi connectivity index (χ2v) is 7.37. The van der Waals surface area contributed by atoms with E-state index >= 15 is 0 Å². The van der Waals surface area contributed by atoms with Crippen LogP contribution in [-0.2, 0) is 0 Å². The van der Waals surface area contributed by atoms with Gasteiger partial charge in [-0.3, -0.25) is 4.90 Å². The molecule has 6 heteroatoms. The lowest BCUT2D eigenvalue weighted by molar-refractivity contribution is 0.234. The summed E-state index contributed by atoms with van der Waals surface area (Å²) in [4.78, 5) is 2.50. The van der Waals surface area contributed by atoms with Crippen molar-refractivity contribution in [1.29, 1.82) is 0 Å². The Kier molecular flexibility index (Phi) is 6.99. The van der Waals surface area contributed by atoms with E-state index in [-0.39, 0.29) is 6.04 Å². The molecule has 1 saturated heterocycles. The smallest absolute Gasteiger partial charge is 0.164 e. The van der Waals surface area contributed by atoms with E-state index in [4.69, 9.17) is 14.2 Å². The number of hydrogen-bond acceptors (Lipinski definition) is 5. The molecule has 1 atom stereocenters. The summed E-state index contributed by atoms with van der Waals surface area (Å²) in [5, 5.41) is 3.49. The first-order valence-corrected chi connectivity index (χ1v) is 9.98. The van der Waals surface area contributed by atoms with Gasteiger partial charge >= 0.3 is 0 Å². The molecule has 0 bridgehead atoms. The van der Waals surface area contributed by atoms with Crippen molar-refractivity contribution >= 4 is 15.9 Å². The van der Waals surface area contributed by atoms with Crippen molar-refractivity contribution < 1.29 is 14.2 Å². The third kappa shape index (κ3) is 4.39. The molecule has 0 saturated carbocycles. The van der Waals surface area contributed by atoms with Crippen LogP contribution in [0.1, 0.15) is 23.6 Å². The molecule has 1 heterocycles. The van der Waals surface area contributed by atoms with Crippen molar-refractivity contribution in [3.05, 3.63) is 52.0 Å². The summed E-state index contributed by atoms with van der Waals surface area (Å²) in [5.74, 6) is 2.17. The van der Waals surface area contributed by atoms with Gasteiger partial charge in [-0.15, -0.1) is 0 Å². The predicted octanol–water partition coefficient (Wildman–Crippen LogP) is 3.86. The Morgan fingerprint density at radius 3 is 2.30 bits per heavy atom. The molecule has 0 aromatic heterocycles. The zero-order chi connectivity index (χ0) is 19.2. The summed E-state index contributed by atoms with van der Waals surface area (Å²) in [6, 6.07) is 12.4. The lowest BCUT2D eigenvalue weighted by Crippen LogP contribution is -2.33. The Labute approximate surface area is 169 Å². The molecule has 146 valence electrons. The first-order chi connectivity index (χ1) is 13.2. The summed E-state index contributed by atoms with van der Waals surface area (Å²) in [6.45, 7) is 3.98. The van der Waals surface area contributed by atoms with E-state index in [0.717, 1.165) is 48.4 Å². The van der Waals surface area contributed by atoms with Gasteiger partial charge in [-0.25, -0.2) is 0 Å². The van der Waals surface area contributed by atoms with Gasteiger partial charge in [-0.05, 0) is 30.7 Å². The number of halogens is 1. The molecule has 1 unspecified atom stereocenters. The monoisotopic (exact) mass is 434 g/mol. The van der Waals surface area contributed by atoms with Crippen LogP contribution in [0.5, 0.6) is 17.2 Å². The van der Waals surface area contributed by atoms with Crippen LogP contribution in [0.2, 0.25) is 0 Å². The lowest BCUT2D eigenvalue weighted by atomic mass is 9.95. The fourth-order valence-corrected chi connectivity index (χ4v) is 4.15. The molecule has 2 aromatic carbocycles. The number of hydrogen-bond donors (Lipinski definition) is 1. The zero-order valence-electron chi connectivity index (χ0n) is 16.1. The fraction of sp³-hybridized carbons (Fsp3) is 0.429. The Bertz CT molecular complexity index is 761. The third-order valence-corrected chi connectivity index (χ3v) is 5.69. The molecule has 27 heavy (non-hydrogen) atoms. The van der Waals surface area contributed by atoms with Crippen LogP contribution in [0.4, 0.5) is 0 Å². The summed E-state index contributed by atoms with van der Waals surface area (Å²) in [6.07, 6.45) is 1.11. The average molecular weight is 435 g/mol. The summed E-state index contributed by atoms with van der Waals surface area (Å²) < 4.78 is 17.9. The first-order valence-electron chi connectivity index (χ1n) is 9.18. The van der Waals surface area contributed by atoms with Crippen LogP contribution in [0.3, 0.4) is 0 Å². The molecule has 0 amide bonds. The molecular formula is C21H27BrN2O3. The minimum atomic E-state index is 0.0511. The summed E-state index contributed by atoms with van der Waals surface area (Å²) in [7, 11) is 5.01. The normalized spacial score (nSPS) is 16.4. The molecule has 2 aromatic rings. The summed E-state index contributed by atoms with van der Waals surface area (Å²) in [5.41, 5.74) is 2.29. The third-order valence-electron chi connectivity index (χ3n) is 4.97. The Morgan fingerprint density at radius 1 is 0.889 bits per heavy atom. The van der Waals surface area contributed by atoms with E-state index < -0.39 is 0 Å². The maximum atomic E-state index is 5.76. The van der Waals surface area contributed by atoms with E-state index in [1.54, 1.807) is 21.3 Å². The van der Waals surface area contributed by atoms with Gasteiger partial charge in [-0.1, -0.05) is 34.1 Å². The fourth-order valence-electron chi connectivity index (χ4n) is 3.65. The predicted molar refractivity (Wildman–Crippen MR) is 111 cm³/mol. The maximum absolute atomic E-state index is 5.76. The van der Waals surface area contributed by atoms with Crippen LogP contribution >= 0.6 is 15.9 Å². The molecule has 1 aliphatic heterocycles. The number of nitrogens with zero attached hydrogens (tertiary/aromatic N) is 1. The molecule has 0 spiro atoms.